The lowest BCUT2D eigenvalue weighted by Crippen LogP contribution is -2.42. The number of amides is 1. The van der Waals surface area contributed by atoms with Gasteiger partial charge in [-0.2, -0.15) is 0 Å². The SMILES string of the molecule is COc1cccc2c1CC1(CC2)CN=C(NC(C)=O)O1. The molecule has 1 heterocycles. The minimum Gasteiger partial charge on any atom is -0.496 e. The summed E-state index contributed by atoms with van der Waals surface area (Å²) in [4.78, 5) is 15.4. The van der Waals surface area contributed by atoms with Crippen molar-refractivity contribution in [2.75, 3.05) is 13.7 Å². The summed E-state index contributed by atoms with van der Waals surface area (Å²) in [6.45, 7) is 2.04. The summed E-state index contributed by atoms with van der Waals surface area (Å²) in [6, 6.07) is 6.47. The van der Waals surface area contributed by atoms with E-state index in [0.29, 0.717) is 12.6 Å². The van der Waals surface area contributed by atoms with Gasteiger partial charge in [0.05, 0.1) is 13.7 Å². The molecule has 1 aliphatic heterocycles. The summed E-state index contributed by atoms with van der Waals surface area (Å²) in [5.41, 5.74) is 2.17. The number of rotatable bonds is 1. The largest absolute Gasteiger partial charge is 0.496 e. The molecule has 1 N–H and O–H groups in total. The van der Waals surface area contributed by atoms with Gasteiger partial charge in [0.15, 0.2) is 0 Å². The number of amidine groups is 1. The number of hydrogen-bond donors (Lipinski definition) is 1. The van der Waals surface area contributed by atoms with Crippen LogP contribution in [0.5, 0.6) is 5.75 Å². The van der Waals surface area contributed by atoms with E-state index in [1.807, 2.05) is 12.1 Å². The van der Waals surface area contributed by atoms with Gasteiger partial charge in [-0.15, -0.1) is 0 Å². The Hall–Kier alpha value is -2.04. The normalized spacial score (nSPS) is 23.8. The maximum Gasteiger partial charge on any atom is 0.292 e. The zero-order valence-corrected chi connectivity index (χ0v) is 11.7. The summed E-state index contributed by atoms with van der Waals surface area (Å²) in [5, 5.41) is 2.62. The molecule has 0 saturated heterocycles. The molecule has 0 fully saturated rings. The average Bonchev–Trinajstić information content (AvgIpc) is 2.80. The Balaban J connectivity index is 1.81. The quantitative estimate of drug-likeness (QED) is 0.843. The topological polar surface area (TPSA) is 59.9 Å². The van der Waals surface area contributed by atoms with Crippen LogP contribution in [0.15, 0.2) is 23.2 Å². The predicted octanol–water partition coefficient (Wildman–Crippen LogP) is 1.44. The lowest BCUT2D eigenvalue weighted by molar-refractivity contribution is -0.118. The average molecular weight is 274 g/mol. The van der Waals surface area contributed by atoms with Gasteiger partial charge < -0.3 is 9.47 Å². The van der Waals surface area contributed by atoms with Gasteiger partial charge >= 0.3 is 0 Å². The Morgan fingerprint density at radius 1 is 1.50 bits per heavy atom. The summed E-state index contributed by atoms with van der Waals surface area (Å²) in [7, 11) is 1.69. The van der Waals surface area contributed by atoms with Crippen molar-refractivity contribution in [2.24, 2.45) is 4.99 Å². The molecule has 1 aromatic carbocycles. The number of hydrogen-bond acceptors (Lipinski definition) is 4. The molecule has 2 aliphatic rings. The van der Waals surface area contributed by atoms with E-state index in [9.17, 15) is 4.79 Å². The number of nitrogens with zero attached hydrogens (tertiary/aromatic N) is 1. The van der Waals surface area contributed by atoms with Gasteiger partial charge in [-0.3, -0.25) is 10.1 Å². The highest BCUT2D eigenvalue weighted by molar-refractivity contribution is 5.93. The summed E-state index contributed by atoms with van der Waals surface area (Å²) >= 11 is 0. The van der Waals surface area contributed by atoms with Crippen molar-refractivity contribution in [1.82, 2.24) is 5.32 Å². The molecule has 106 valence electrons. The number of fused-ring (bicyclic) bond motifs is 1. The van der Waals surface area contributed by atoms with E-state index in [-0.39, 0.29) is 11.5 Å². The van der Waals surface area contributed by atoms with Crippen molar-refractivity contribution < 1.29 is 14.3 Å². The molecule has 0 radical (unpaired) electrons. The van der Waals surface area contributed by atoms with Crippen LogP contribution in [0.4, 0.5) is 0 Å². The minimum absolute atomic E-state index is 0.158. The standard InChI is InChI=1S/C15H18N2O3/c1-10(18)17-14-16-9-15(20-14)7-6-11-4-3-5-13(19-2)12(11)8-15/h3-5H,6-9H2,1-2H3,(H,16,17,18). The lowest BCUT2D eigenvalue weighted by Gasteiger charge is -2.34. The minimum atomic E-state index is -0.334. The lowest BCUT2D eigenvalue weighted by atomic mass is 9.80. The number of benzene rings is 1. The predicted molar refractivity (Wildman–Crippen MR) is 75.0 cm³/mol. The smallest absolute Gasteiger partial charge is 0.292 e. The first-order valence-corrected chi connectivity index (χ1v) is 6.78. The van der Waals surface area contributed by atoms with E-state index in [1.54, 1.807) is 7.11 Å². The van der Waals surface area contributed by atoms with Gasteiger partial charge in [-0.1, -0.05) is 12.1 Å². The molecule has 0 saturated carbocycles. The molecule has 1 amide bonds. The molecule has 1 aromatic rings. The van der Waals surface area contributed by atoms with Gasteiger partial charge in [0.2, 0.25) is 5.91 Å². The Bertz CT molecular complexity index is 568. The zero-order valence-electron chi connectivity index (χ0n) is 11.7. The first kappa shape index (κ1) is 13.0. The number of aryl methyl sites for hydroxylation is 1. The van der Waals surface area contributed by atoms with Gasteiger partial charge in [-0.05, 0) is 24.5 Å². The fraction of sp³-hybridized carbons (Fsp3) is 0.467. The van der Waals surface area contributed by atoms with E-state index >= 15 is 0 Å². The molecule has 5 heteroatoms. The maximum absolute atomic E-state index is 11.1. The van der Waals surface area contributed by atoms with Gasteiger partial charge in [0.1, 0.15) is 11.4 Å². The third-order valence-electron chi connectivity index (χ3n) is 3.91. The number of nitrogens with one attached hydrogen (secondary N) is 1. The molecule has 1 unspecified atom stereocenters. The van der Waals surface area contributed by atoms with E-state index in [4.69, 9.17) is 9.47 Å². The van der Waals surface area contributed by atoms with Crippen molar-refractivity contribution in [3.05, 3.63) is 29.3 Å². The van der Waals surface area contributed by atoms with Crippen LogP contribution in [0.1, 0.15) is 24.5 Å². The second kappa shape index (κ2) is 4.81. The first-order valence-electron chi connectivity index (χ1n) is 6.78. The molecule has 3 rings (SSSR count). The van der Waals surface area contributed by atoms with Crippen LogP contribution in [0.25, 0.3) is 0 Å². The van der Waals surface area contributed by atoms with Gasteiger partial charge in [0.25, 0.3) is 6.02 Å². The molecule has 0 aromatic heterocycles. The highest BCUT2D eigenvalue weighted by Crippen LogP contribution is 2.38. The third-order valence-corrected chi connectivity index (χ3v) is 3.91. The molecule has 1 aliphatic carbocycles. The molecule has 5 nitrogen and oxygen atoms in total. The van der Waals surface area contributed by atoms with Crippen LogP contribution >= 0.6 is 0 Å². The van der Waals surface area contributed by atoms with Crippen molar-refractivity contribution >= 4 is 11.9 Å². The van der Waals surface area contributed by atoms with E-state index < -0.39 is 0 Å². The second-order valence-electron chi connectivity index (χ2n) is 5.36. The summed E-state index contributed by atoms with van der Waals surface area (Å²) in [5.74, 6) is 0.743. The van der Waals surface area contributed by atoms with Crippen molar-refractivity contribution in [2.45, 2.75) is 31.8 Å². The van der Waals surface area contributed by atoms with E-state index in [2.05, 4.69) is 16.4 Å². The fourth-order valence-corrected chi connectivity index (χ4v) is 2.93. The first-order chi connectivity index (χ1) is 9.62. The molecule has 1 atom stereocenters. The number of carbonyl (C=O) groups is 1. The van der Waals surface area contributed by atoms with Crippen LogP contribution in [0.2, 0.25) is 0 Å². The summed E-state index contributed by atoms with van der Waals surface area (Å²) in [6.07, 6.45) is 2.61. The Morgan fingerprint density at radius 3 is 3.10 bits per heavy atom. The molecular weight excluding hydrogens is 256 g/mol. The Labute approximate surface area is 118 Å². The molecule has 0 bridgehead atoms. The van der Waals surface area contributed by atoms with E-state index in [0.717, 1.165) is 25.0 Å². The fourth-order valence-electron chi connectivity index (χ4n) is 2.93. The van der Waals surface area contributed by atoms with E-state index in [1.165, 1.54) is 18.1 Å². The Morgan fingerprint density at radius 2 is 2.35 bits per heavy atom. The number of methoxy groups -OCH3 is 1. The van der Waals surface area contributed by atoms with Crippen LogP contribution < -0.4 is 10.1 Å². The second-order valence-corrected chi connectivity index (χ2v) is 5.36. The maximum atomic E-state index is 11.1. The van der Waals surface area contributed by atoms with Crippen LogP contribution in [-0.4, -0.2) is 31.2 Å². The van der Waals surface area contributed by atoms with Crippen molar-refractivity contribution in [3.63, 3.8) is 0 Å². The number of carbonyl (C=O) groups excluding carboxylic acids is 1. The number of ether oxygens (including phenoxy) is 2. The summed E-state index contributed by atoms with van der Waals surface area (Å²) < 4.78 is 11.4. The number of aliphatic imine (C=N–C) groups is 1. The van der Waals surface area contributed by atoms with Gasteiger partial charge in [0, 0.05) is 18.9 Å². The zero-order chi connectivity index (χ0) is 14.2. The van der Waals surface area contributed by atoms with Crippen LogP contribution in [0.3, 0.4) is 0 Å². The van der Waals surface area contributed by atoms with Crippen molar-refractivity contribution in [1.29, 1.82) is 0 Å². The molecule has 1 spiro atoms. The highest BCUT2D eigenvalue weighted by atomic mass is 16.5. The highest BCUT2D eigenvalue weighted by Gasteiger charge is 2.42. The Kier molecular flexibility index (Phi) is 3.12. The van der Waals surface area contributed by atoms with Crippen LogP contribution in [0, 0.1) is 0 Å². The molecule has 20 heavy (non-hydrogen) atoms. The van der Waals surface area contributed by atoms with Crippen LogP contribution in [-0.2, 0) is 22.4 Å². The molecular formula is C15H18N2O3. The van der Waals surface area contributed by atoms with Gasteiger partial charge in [-0.25, -0.2) is 4.99 Å². The monoisotopic (exact) mass is 274 g/mol. The third kappa shape index (κ3) is 2.24. The van der Waals surface area contributed by atoms with Crippen molar-refractivity contribution in [3.8, 4) is 5.75 Å².